The molecule has 0 aliphatic carbocycles. The Bertz CT molecular complexity index is 540. The Balaban J connectivity index is 2.66. The van der Waals surface area contributed by atoms with Gasteiger partial charge in [-0.15, -0.1) is 0 Å². The first-order valence-electron chi connectivity index (χ1n) is 6.55. The number of carbonyl (C=O) groups is 2. The van der Waals surface area contributed by atoms with Crippen molar-refractivity contribution >= 4 is 11.8 Å². The van der Waals surface area contributed by atoms with Crippen LogP contribution in [0.1, 0.15) is 31.1 Å². The van der Waals surface area contributed by atoms with Crippen LogP contribution in [0, 0.1) is 0 Å². The van der Waals surface area contributed by atoms with Crippen molar-refractivity contribution in [2.75, 3.05) is 13.2 Å². The number of aliphatic hydroxyl groups is 1. The molecule has 0 aliphatic rings. The lowest BCUT2D eigenvalue weighted by molar-refractivity contribution is -0.139. The molecule has 0 saturated heterocycles. The Morgan fingerprint density at radius 2 is 1.86 bits per heavy atom. The van der Waals surface area contributed by atoms with E-state index in [9.17, 15) is 14.7 Å². The van der Waals surface area contributed by atoms with Crippen LogP contribution >= 0.6 is 0 Å². The Kier molecular flexibility index (Phi) is 5.67. The third-order valence-electron chi connectivity index (χ3n) is 2.61. The number of rotatable bonds is 7. The first kappa shape index (κ1) is 16.9. The Hall–Kier alpha value is -2.14. The smallest absolute Gasteiger partial charge is 0.333 e. The van der Waals surface area contributed by atoms with Crippen LogP contribution in [0.15, 0.2) is 36.4 Å². The van der Waals surface area contributed by atoms with Crippen molar-refractivity contribution in [2.45, 2.75) is 26.4 Å². The molecular formula is C16H20O5. The molecule has 5 heteroatoms. The molecule has 0 saturated carbocycles. The number of benzene rings is 1. The van der Waals surface area contributed by atoms with Crippen molar-refractivity contribution < 1.29 is 24.2 Å². The second kappa shape index (κ2) is 7.04. The summed E-state index contributed by atoms with van der Waals surface area (Å²) in [4.78, 5) is 23.3. The highest BCUT2D eigenvalue weighted by Gasteiger charge is 2.27. The van der Waals surface area contributed by atoms with E-state index in [2.05, 4.69) is 6.58 Å². The summed E-state index contributed by atoms with van der Waals surface area (Å²) in [6.45, 7) is 8.02. The van der Waals surface area contributed by atoms with Crippen LogP contribution < -0.4 is 4.74 Å². The highest BCUT2D eigenvalue weighted by atomic mass is 16.6. The van der Waals surface area contributed by atoms with Gasteiger partial charge in [0.2, 0.25) is 0 Å². The number of ether oxygens (including phenoxy) is 2. The Morgan fingerprint density at radius 3 is 2.43 bits per heavy atom. The number of hydrogen-bond acceptors (Lipinski definition) is 5. The third kappa shape index (κ3) is 5.04. The van der Waals surface area contributed by atoms with Crippen LogP contribution in [0.4, 0.5) is 0 Å². The fraction of sp³-hybridized carbons (Fsp3) is 0.375. The van der Waals surface area contributed by atoms with E-state index in [1.807, 2.05) is 0 Å². The van der Waals surface area contributed by atoms with Crippen molar-refractivity contribution in [3.63, 3.8) is 0 Å². The molecular weight excluding hydrogens is 272 g/mol. The molecule has 0 unspecified atom stereocenters. The Morgan fingerprint density at radius 1 is 1.24 bits per heavy atom. The second-order valence-corrected chi connectivity index (χ2v) is 5.15. The topological polar surface area (TPSA) is 72.8 Å². The van der Waals surface area contributed by atoms with E-state index in [0.29, 0.717) is 11.3 Å². The molecule has 0 aliphatic heterocycles. The summed E-state index contributed by atoms with van der Waals surface area (Å²) in [6.07, 6.45) is 0. The van der Waals surface area contributed by atoms with Gasteiger partial charge in [0.1, 0.15) is 24.6 Å². The van der Waals surface area contributed by atoms with Crippen LogP contribution in [-0.2, 0) is 9.53 Å². The molecule has 0 amide bonds. The van der Waals surface area contributed by atoms with Gasteiger partial charge in [0.25, 0.3) is 0 Å². The number of Topliss-reactive ketones (excluding diaryl/α,β-unsaturated/α-hetero) is 1. The molecule has 0 atom stereocenters. The molecule has 5 nitrogen and oxygen atoms in total. The van der Waals surface area contributed by atoms with Gasteiger partial charge in [-0.25, -0.2) is 4.79 Å². The molecule has 0 bridgehead atoms. The average Bonchev–Trinajstić information content (AvgIpc) is 2.41. The maximum atomic E-state index is 12.1. The zero-order valence-corrected chi connectivity index (χ0v) is 12.5. The van der Waals surface area contributed by atoms with E-state index in [-0.39, 0.29) is 18.8 Å². The summed E-state index contributed by atoms with van der Waals surface area (Å²) >= 11 is 0. The lowest BCUT2D eigenvalue weighted by Gasteiger charge is -2.18. The quantitative estimate of drug-likeness (QED) is 0.361. The largest absolute Gasteiger partial charge is 0.489 e. The minimum atomic E-state index is -1.48. The Labute approximate surface area is 124 Å². The zero-order valence-electron chi connectivity index (χ0n) is 12.5. The molecule has 0 heterocycles. The minimum absolute atomic E-state index is 0.0523. The van der Waals surface area contributed by atoms with E-state index in [1.54, 1.807) is 31.2 Å². The van der Waals surface area contributed by atoms with E-state index >= 15 is 0 Å². The van der Waals surface area contributed by atoms with Gasteiger partial charge in [-0.05, 0) is 32.9 Å². The molecule has 1 rings (SSSR count). The number of para-hydroxylation sites is 1. The molecule has 1 N–H and O–H groups in total. The highest BCUT2D eigenvalue weighted by Crippen LogP contribution is 2.23. The van der Waals surface area contributed by atoms with E-state index < -0.39 is 17.4 Å². The minimum Gasteiger partial charge on any atom is -0.489 e. The normalized spacial score (nSPS) is 10.9. The van der Waals surface area contributed by atoms with Crippen LogP contribution in [-0.4, -0.2) is 35.7 Å². The van der Waals surface area contributed by atoms with Gasteiger partial charge in [-0.2, -0.15) is 0 Å². The van der Waals surface area contributed by atoms with Crippen molar-refractivity contribution in [2.24, 2.45) is 0 Å². The molecule has 0 radical (unpaired) electrons. The molecule has 0 fully saturated rings. The van der Waals surface area contributed by atoms with Gasteiger partial charge >= 0.3 is 5.97 Å². The van der Waals surface area contributed by atoms with Crippen LogP contribution in [0.25, 0.3) is 0 Å². The summed E-state index contributed by atoms with van der Waals surface area (Å²) < 4.78 is 10.3. The number of carbonyl (C=O) groups excluding carboxylic acids is 2. The highest BCUT2D eigenvalue weighted by molar-refractivity contribution is 6.03. The van der Waals surface area contributed by atoms with Gasteiger partial charge in [0, 0.05) is 5.57 Å². The average molecular weight is 292 g/mol. The predicted molar refractivity (Wildman–Crippen MR) is 78.3 cm³/mol. The summed E-state index contributed by atoms with van der Waals surface area (Å²) in [5.41, 5.74) is -0.880. The fourth-order valence-electron chi connectivity index (χ4n) is 1.52. The summed E-state index contributed by atoms with van der Waals surface area (Å²) in [5.74, 6) is -0.576. The third-order valence-corrected chi connectivity index (χ3v) is 2.61. The number of esters is 1. The number of ketones is 1. The first-order chi connectivity index (χ1) is 9.73. The van der Waals surface area contributed by atoms with Gasteiger partial charge < -0.3 is 14.6 Å². The van der Waals surface area contributed by atoms with Gasteiger partial charge in [-0.3, -0.25) is 4.79 Å². The monoisotopic (exact) mass is 292 g/mol. The SMILES string of the molecule is C=C(C)C(=O)OCCOc1ccccc1C(=O)C(C)(C)O. The summed E-state index contributed by atoms with van der Waals surface area (Å²) in [7, 11) is 0. The van der Waals surface area contributed by atoms with Crippen LogP contribution in [0.3, 0.4) is 0 Å². The van der Waals surface area contributed by atoms with Crippen molar-refractivity contribution in [3.05, 3.63) is 42.0 Å². The summed E-state index contributed by atoms with van der Waals surface area (Å²) in [5, 5.41) is 9.79. The first-order valence-corrected chi connectivity index (χ1v) is 6.55. The zero-order chi connectivity index (χ0) is 16.0. The summed E-state index contributed by atoms with van der Waals surface area (Å²) in [6, 6.07) is 6.61. The number of hydrogen-bond donors (Lipinski definition) is 1. The molecule has 1 aromatic carbocycles. The fourth-order valence-corrected chi connectivity index (χ4v) is 1.52. The molecule has 0 spiro atoms. The molecule has 21 heavy (non-hydrogen) atoms. The maximum absolute atomic E-state index is 12.1. The van der Waals surface area contributed by atoms with Crippen molar-refractivity contribution in [1.82, 2.24) is 0 Å². The molecule has 0 aromatic heterocycles. The van der Waals surface area contributed by atoms with Gasteiger partial charge in [0.05, 0.1) is 5.56 Å². The maximum Gasteiger partial charge on any atom is 0.333 e. The molecule has 114 valence electrons. The van der Waals surface area contributed by atoms with Gasteiger partial charge in [0.15, 0.2) is 5.78 Å². The lowest BCUT2D eigenvalue weighted by atomic mass is 9.96. The van der Waals surface area contributed by atoms with E-state index in [0.717, 1.165) is 0 Å². The van der Waals surface area contributed by atoms with Crippen molar-refractivity contribution in [3.8, 4) is 5.75 Å². The van der Waals surface area contributed by atoms with Crippen LogP contribution in [0.5, 0.6) is 5.75 Å². The standard InChI is InChI=1S/C16H20O5/c1-11(2)15(18)21-10-9-20-13-8-6-5-7-12(13)14(17)16(3,4)19/h5-8,19H,1,9-10H2,2-4H3. The second-order valence-electron chi connectivity index (χ2n) is 5.15. The van der Waals surface area contributed by atoms with E-state index in [4.69, 9.17) is 9.47 Å². The van der Waals surface area contributed by atoms with Gasteiger partial charge in [-0.1, -0.05) is 18.7 Å². The lowest BCUT2D eigenvalue weighted by Crippen LogP contribution is -2.31. The predicted octanol–water partition coefficient (Wildman–Crippen LogP) is 2.14. The molecule has 1 aromatic rings. The van der Waals surface area contributed by atoms with Crippen LogP contribution in [0.2, 0.25) is 0 Å². The van der Waals surface area contributed by atoms with Crippen molar-refractivity contribution in [1.29, 1.82) is 0 Å². The van der Waals surface area contributed by atoms with E-state index in [1.165, 1.54) is 13.8 Å².